The molecule has 0 bridgehead atoms. The molecule has 20 heavy (non-hydrogen) atoms. The number of likely N-dealkylation sites (tertiary alicyclic amines) is 1. The monoisotopic (exact) mass is 277 g/mol. The van der Waals surface area contributed by atoms with Gasteiger partial charge < -0.3 is 4.90 Å². The van der Waals surface area contributed by atoms with Crippen LogP contribution in [0.2, 0.25) is 0 Å². The fourth-order valence-electron chi connectivity index (χ4n) is 3.09. The molecule has 2 fully saturated rings. The molecule has 1 saturated heterocycles. The lowest BCUT2D eigenvalue weighted by Gasteiger charge is -2.35. The van der Waals surface area contributed by atoms with Crippen molar-refractivity contribution in [2.24, 2.45) is 0 Å². The topological polar surface area (TPSA) is 65.1 Å². The van der Waals surface area contributed by atoms with Gasteiger partial charge in [0.1, 0.15) is 12.2 Å². The van der Waals surface area contributed by atoms with Gasteiger partial charge in [0.15, 0.2) is 0 Å². The van der Waals surface area contributed by atoms with Crippen LogP contribution in [-0.2, 0) is 4.79 Å². The Labute approximate surface area is 119 Å². The zero-order valence-electron chi connectivity index (χ0n) is 12.1. The van der Waals surface area contributed by atoms with E-state index in [-0.39, 0.29) is 11.9 Å². The SMILES string of the molecule is CCN(CC(=O)N1CCCC[C@H]1c1ncn[nH]1)C1CC1. The van der Waals surface area contributed by atoms with Gasteiger partial charge in [-0.25, -0.2) is 4.98 Å². The second-order valence-corrected chi connectivity index (χ2v) is 5.76. The van der Waals surface area contributed by atoms with Crippen molar-refractivity contribution in [2.45, 2.75) is 51.1 Å². The first-order valence-electron chi connectivity index (χ1n) is 7.68. The number of piperidine rings is 1. The lowest BCUT2D eigenvalue weighted by atomic mass is 10.0. The standard InChI is InChI=1S/C14H23N5O/c1-2-18(11-6-7-11)9-13(20)19-8-4-3-5-12(19)14-15-10-16-17-14/h10-12H,2-9H2,1H3,(H,15,16,17)/t12-/m0/s1. The number of aromatic amines is 1. The average molecular weight is 277 g/mol. The molecule has 1 amide bonds. The summed E-state index contributed by atoms with van der Waals surface area (Å²) in [4.78, 5) is 21.2. The Morgan fingerprint density at radius 1 is 1.45 bits per heavy atom. The van der Waals surface area contributed by atoms with E-state index in [1.54, 1.807) is 0 Å². The molecule has 1 atom stereocenters. The molecular formula is C14H23N5O. The smallest absolute Gasteiger partial charge is 0.237 e. The van der Waals surface area contributed by atoms with E-state index < -0.39 is 0 Å². The highest BCUT2D eigenvalue weighted by Gasteiger charge is 2.34. The van der Waals surface area contributed by atoms with Crippen LogP contribution in [0.15, 0.2) is 6.33 Å². The van der Waals surface area contributed by atoms with E-state index in [4.69, 9.17) is 0 Å². The number of hydrogen-bond acceptors (Lipinski definition) is 4. The van der Waals surface area contributed by atoms with Gasteiger partial charge in [-0.05, 0) is 38.6 Å². The average Bonchev–Trinajstić information content (AvgIpc) is 3.18. The molecule has 1 aromatic heterocycles. The molecule has 0 unspecified atom stereocenters. The lowest BCUT2D eigenvalue weighted by Crippen LogP contribution is -2.45. The summed E-state index contributed by atoms with van der Waals surface area (Å²) in [6.45, 7) is 4.48. The molecule has 3 rings (SSSR count). The molecule has 2 aliphatic rings. The van der Waals surface area contributed by atoms with Crippen LogP contribution in [0.3, 0.4) is 0 Å². The predicted octanol–water partition coefficient (Wildman–Crippen LogP) is 1.34. The second kappa shape index (κ2) is 5.91. The van der Waals surface area contributed by atoms with Gasteiger partial charge in [0.2, 0.25) is 5.91 Å². The molecule has 1 aliphatic heterocycles. The van der Waals surface area contributed by atoms with Crippen molar-refractivity contribution in [2.75, 3.05) is 19.6 Å². The summed E-state index contributed by atoms with van der Waals surface area (Å²) in [6.07, 6.45) is 7.23. The van der Waals surface area contributed by atoms with Crippen LogP contribution in [0.4, 0.5) is 0 Å². The summed E-state index contributed by atoms with van der Waals surface area (Å²) < 4.78 is 0. The minimum Gasteiger partial charge on any atom is -0.331 e. The van der Waals surface area contributed by atoms with Crippen molar-refractivity contribution in [3.05, 3.63) is 12.2 Å². The maximum Gasteiger partial charge on any atom is 0.237 e. The number of aromatic nitrogens is 3. The van der Waals surface area contributed by atoms with Gasteiger partial charge in [0.25, 0.3) is 0 Å². The molecule has 110 valence electrons. The highest BCUT2D eigenvalue weighted by molar-refractivity contribution is 5.78. The van der Waals surface area contributed by atoms with Gasteiger partial charge in [0, 0.05) is 12.6 Å². The lowest BCUT2D eigenvalue weighted by molar-refractivity contribution is -0.136. The van der Waals surface area contributed by atoms with E-state index in [0.29, 0.717) is 12.6 Å². The number of carbonyl (C=O) groups excluding carboxylic acids is 1. The summed E-state index contributed by atoms with van der Waals surface area (Å²) in [5.41, 5.74) is 0. The summed E-state index contributed by atoms with van der Waals surface area (Å²) >= 11 is 0. The highest BCUT2D eigenvalue weighted by atomic mass is 16.2. The van der Waals surface area contributed by atoms with E-state index in [2.05, 4.69) is 27.0 Å². The number of carbonyl (C=O) groups is 1. The van der Waals surface area contributed by atoms with Crippen molar-refractivity contribution in [3.8, 4) is 0 Å². The predicted molar refractivity (Wildman–Crippen MR) is 75.0 cm³/mol. The second-order valence-electron chi connectivity index (χ2n) is 5.76. The number of H-pyrrole nitrogens is 1. The Hall–Kier alpha value is -1.43. The maximum atomic E-state index is 12.6. The number of hydrogen-bond donors (Lipinski definition) is 1. The Balaban J connectivity index is 1.67. The number of nitrogens with zero attached hydrogens (tertiary/aromatic N) is 4. The minimum absolute atomic E-state index is 0.0802. The summed E-state index contributed by atoms with van der Waals surface area (Å²) in [7, 11) is 0. The summed E-state index contributed by atoms with van der Waals surface area (Å²) in [6, 6.07) is 0.717. The minimum atomic E-state index is 0.0802. The molecule has 1 N–H and O–H groups in total. The molecule has 6 heteroatoms. The van der Waals surface area contributed by atoms with Gasteiger partial charge in [-0.15, -0.1) is 0 Å². The summed E-state index contributed by atoms with van der Waals surface area (Å²) in [5, 5.41) is 6.85. The molecule has 0 radical (unpaired) electrons. The van der Waals surface area contributed by atoms with E-state index in [1.807, 2.05) is 4.90 Å². The van der Waals surface area contributed by atoms with Gasteiger partial charge in [-0.3, -0.25) is 14.8 Å². The van der Waals surface area contributed by atoms with Crippen molar-refractivity contribution < 1.29 is 4.79 Å². The third kappa shape index (κ3) is 2.85. The first kappa shape index (κ1) is 13.5. The Kier molecular flexibility index (Phi) is 4.00. The van der Waals surface area contributed by atoms with Gasteiger partial charge in [-0.2, -0.15) is 5.10 Å². The molecule has 1 saturated carbocycles. The van der Waals surface area contributed by atoms with Crippen LogP contribution in [-0.4, -0.2) is 56.6 Å². The fourth-order valence-corrected chi connectivity index (χ4v) is 3.09. The molecular weight excluding hydrogens is 254 g/mol. The fraction of sp³-hybridized carbons (Fsp3) is 0.786. The van der Waals surface area contributed by atoms with Crippen LogP contribution in [0.25, 0.3) is 0 Å². The van der Waals surface area contributed by atoms with E-state index in [0.717, 1.165) is 38.2 Å². The number of rotatable bonds is 5. The van der Waals surface area contributed by atoms with E-state index >= 15 is 0 Å². The highest BCUT2D eigenvalue weighted by Crippen LogP contribution is 2.30. The first-order valence-corrected chi connectivity index (χ1v) is 7.68. The Morgan fingerprint density at radius 3 is 2.95 bits per heavy atom. The Bertz CT molecular complexity index is 442. The van der Waals surface area contributed by atoms with Gasteiger partial charge in [0.05, 0.1) is 12.6 Å². The normalized spacial score (nSPS) is 23.3. The van der Waals surface area contributed by atoms with Crippen molar-refractivity contribution >= 4 is 5.91 Å². The zero-order chi connectivity index (χ0) is 13.9. The van der Waals surface area contributed by atoms with Crippen LogP contribution in [0.1, 0.15) is 50.9 Å². The summed E-state index contributed by atoms with van der Waals surface area (Å²) in [5.74, 6) is 1.06. The largest absolute Gasteiger partial charge is 0.331 e. The first-order chi connectivity index (χ1) is 9.79. The maximum absolute atomic E-state index is 12.6. The molecule has 6 nitrogen and oxygen atoms in total. The molecule has 0 aromatic carbocycles. The van der Waals surface area contributed by atoms with Crippen LogP contribution in [0, 0.1) is 0 Å². The van der Waals surface area contributed by atoms with Crippen molar-refractivity contribution in [1.29, 1.82) is 0 Å². The van der Waals surface area contributed by atoms with E-state index in [1.165, 1.54) is 19.2 Å². The van der Waals surface area contributed by atoms with Gasteiger partial charge in [-0.1, -0.05) is 6.92 Å². The van der Waals surface area contributed by atoms with Crippen molar-refractivity contribution in [3.63, 3.8) is 0 Å². The van der Waals surface area contributed by atoms with Crippen molar-refractivity contribution in [1.82, 2.24) is 25.0 Å². The number of nitrogens with one attached hydrogen (secondary N) is 1. The van der Waals surface area contributed by atoms with E-state index in [9.17, 15) is 4.79 Å². The van der Waals surface area contributed by atoms with Gasteiger partial charge >= 0.3 is 0 Å². The molecule has 1 aromatic rings. The number of likely N-dealkylation sites (N-methyl/N-ethyl adjacent to an activating group) is 1. The Morgan fingerprint density at radius 2 is 2.30 bits per heavy atom. The van der Waals surface area contributed by atoms with Crippen LogP contribution >= 0.6 is 0 Å². The zero-order valence-corrected chi connectivity index (χ0v) is 12.1. The molecule has 2 heterocycles. The molecule has 1 aliphatic carbocycles. The van der Waals surface area contributed by atoms with Crippen LogP contribution < -0.4 is 0 Å². The quantitative estimate of drug-likeness (QED) is 0.882. The third-order valence-corrected chi connectivity index (χ3v) is 4.38. The number of amides is 1. The molecule has 0 spiro atoms. The third-order valence-electron chi connectivity index (χ3n) is 4.38. The van der Waals surface area contributed by atoms with Crippen LogP contribution in [0.5, 0.6) is 0 Å².